The average Bonchev–Trinajstić information content (AvgIpc) is 3.23. The lowest BCUT2D eigenvalue weighted by Crippen LogP contribution is -2.03. The second-order valence-corrected chi connectivity index (χ2v) is 8.15. The van der Waals surface area contributed by atoms with Gasteiger partial charge in [0.15, 0.2) is 17.4 Å². The Kier molecular flexibility index (Phi) is 6.67. The number of rotatable bonds is 8. The van der Waals surface area contributed by atoms with Crippen molar-refractivity contribution in [2.24, 2.45) is 4.99 Å². The SMILES string of the molecule is CCOc1cc2[nH]c(O)c(C(=Nc3ccc(-c4ccccn4)cc3)c3ccccc3)c2cc1OCC. The minimum absolute atomic E-state index is 0.0359. The van der Waals surface area contributed by atoms with Crippen molar-refractivity contribution in [1.82, 2.24) is 9.97 Å². The number of ether oxygens (including phenoxy) is 2. The fraction of sp³-hybridized carbons (Fsp3) is 0.133. The quantitative estimate of drug-likeness (QED) is 0.238. The highest BCUT2D eigenvalue weighted by Crippen LogP contribution is 2.38. The third-order valence-electron chi connectivity index (χ3n) is 5.80. The van der Waals surface area contributed by atoms with Crippen molar-refractivity contribution in [1.29, 1.82) is 0 Å². The molecule has 0 fully saturated rings. The zero-order valence-corrected chi connectivity index (χ0v) is 20.2. The number of aromatic nitrogens is 2. The van der Waals surface area contributed by atoms with Crippen LogP contribution in [0.3, 0.4) is 0 Å². The number of pyridine rings is 1. The fourth-order valence-electron chi connectivity index (χ4n) is 4.19. The number of hydrogen-bond donors (Lipinski definition) is 2. The molecule has 5 rings (SSSR count). The Balaban J connectivity index is 1.66. The van der Waals surface area contributed by atoms with Crippen LogP contribution in [0, 0.1) is 0 Å². The smallest absolute Gasteiger partial charge is 0.199 e. The zero-order chi connectivity index (χ0) is 24.9. The summed E-state index contributed by atoms with van der Waals surface area (Å²) in [7, 11) is 0. The lowest BCUT2D eigenvalue weighted by atomic mass is 10.0. The Morgan fingerprint density at radius 1 is 0.861 bits per heavy atom. The molecule has 0 amide bonds. The van der Waals surface area contributed by atoms with Crippen LogP contribution in [0.1, 0.15) is 25.0 Å². The van der Waals surface area contributed by atoms with Gasteiger partial charge in [0.25, 0.3) is 0 Å². The van der Waals surface area contributed by atoms with Crippen LogP contribution in [-0.4, -0.2) is 34.0 Å². The van der Waals surface area contributed by atoms with Crippen molar-refractivity contribution >= 4 is 22.3 Å². The lowest BCUT2D eigenvalue weighted by molar-refractivity contribution is 0.288. The van der Waals surface area contributed by atoms with Crippen LogP contribution in [0.25, 0.3) is 22.2 Å². The Hall–Kier alpha value is -4.58. The van der Waals surface area contributed by atoms with Gasteiger partial charge in [0, 0.05) is 28.8 Å². The number of nitrogens with one attached hydrogen (secondary N) is 1. The molecular formula is C30H27N3O3. The van der Waals surface area contributed by atoms with Crippen molar-refractivity contribution in [3.63, 3.8) is 0 Å². The second kappa shape index (κ2) is 10.4. The zero-order valence-electron chi connectivity index (χ0n) is 20.2. The standard InChI is InChI=1S/C30H27N3O3/c1-3-35-26-18-23-25(19-27(26)36-4-2)33-30(34)28(23)29(21-10-6-5-7-11-21)32-22-15-13-20(14-16-22)24-12-8-9-17-31-24/h5-19,33-34H,3-4H2,1-2H3. The van der Waals surface area contributed by atoms with E-state index in [1.54, 1.807) is 6.20 Å². The topological polar surface area (TPSA) is 79.7 Å². The predicted octanol–water partition coefficient (Wildman–Crippen LogP) is 6.90. The monoisotopic (exact) mass is 477 g/mol. The lowest BCUT2D eigenvalue weighted by Gasteiger charge is -2.12. The molecule has 5 aromatic rings. The van der Waals surface area contributed by atoms with Gasteiger partial charge in [-0.3, -0.25) is 4.98 Å². The van der Waals surface area contributed by atoms with Crippen molar-refractivity contribution in [3.05, 3.63) is 102 Å². The Bertz CT molecular complexity index is 1490. The maximum Gasteiger partial charge on any atom is 0.199 e. The number of H-pyrrole nitrogens is 1. The summed E-state index contributed by atoms with van der Waals surface area (Å²) in [5, 5.41) is 11.9. The molecule has 3 aromatic carbocycles. The van der Waals surface area contributed by atoms with E-state index < -0.39 is 0 Å². The summed E-state index contributed by atoms with van der Waals surface area (Å²) >= 11 is 0. The molecule has 6 nitrogen and oxygen atoms in total. The summed E-state index contributed by atoms with van der Waals surface area (Å²) < 4.78 is 11.6. The molecule has 0 unspecified atom stereocenters. The van der Waals surface area contributed by atoms with Gasteiger partial charge in [-0.2, -0.15) is 0 Å². The summed E-state index contributed by atoms with van der Waals surface area (Å²) in [6.45, 7) is 4.87. The molecule has 36 heavy (non-hydrogen) atoms. The van der Waals surface area contributed by atoms with Crippen LogP contribution in [0.2, 0.25) is 0 Å². The highest BCUT2D eigenvalue weighted by molar-refractivity contribution is 6.22. The molecule has 6 heteroatoms. The molecule has 2 heterocycles. The molecule has 0 aliphatic heterocycles. The van der Waals surface area contributed by atoms with E-state index in [1.165, 1.54) is 0 Å². The summed E-state index contributed by atoms with van der Waals surface area (Å²) in [5.74, 6) is 1.29. The highest BCUT2D eigenvalue weighted by atomic mass is 16.5. The van der Waals surface area contributed by atoms with E-state index in [1.807, 2.05) is 98.8 Å². The van der Waals surface area contributed by atoms with E-state index in [9.17, 15) is 5.11 Å². The van der Waals surface area contributed by atoms with Gasteiger partial charge in [-0.1, -0.05) is 48.5 Å². The molecule has 0 radical (unpaired) electrons. The Labute approximate surface area is 209 Å². The molecule has 0 aliphatic rings. The first-order chi connectivity index (χ1) is 17.7. The molecule has 0 saturated carbocycles. The van der Waals surface area contributed by atoms with Crippen molar-refractivity contribution in [3.8, 4) is 28.6 Å². The molecule has 0 spiro atoms. The number of nitrogens with zero attached hydrogens (tertiary/aromatic N) is 2. The minimum Gasteiger partial charge on any atom is -0.494 e. The van der Waals surface area contributed by atoms with Gasteiger partial charge in [-0.25, -0.2) is 4.99 Å². The van der Waals surface area contributed by atoms with Crippen LogP contribution < -0.4 is 9.47 Å². The number of fused-ring (bicyclic) bond motifs is 1. The van der Waals surface area contributed by atoms with Gasteiger partial charge in [-0.05, 0) is 44.2 Å². The summed E-state index contributed by atoms with van der Waals surface area (Å²) in [5.41, 5.74) is 5.55. The summed E-state index contributed by atoms with van der Waals surface area (Å²) in [4.78, 5) is 12.5. The molecule has 0 bridgehead atoms. The normalized spacial score (nSPS) is 11.6. The molecule has 0 atom stereocenters. The third kappa shape index (κ3) is 4.66. The largest absolute Gasteiger partial charge is 0.494 e. The number of aliphatic imine (C=N–C) groups is 1. The van der Waals surface area contributed by atoms with Gasteiger partial charge in [0.2, 0.25) is 0 Å². The molecule has 2 aromatic heterocycles. The summed E-state index contributed by atoms with van der Waals surface area (Å²) in [6.07, 6.45) is 1.78. The van der Waals surface area contributed by atoms with Gasteiger partial charge in [0.05, 0.1) is 41.4 Å². The first-order valence-electron chi connectivity index (χ1n) is 12.0. The maximum absolute atomic E-state index is 11.1. The van der Waals surface area contributed by atoms with Crippen LogP contribution in [0.4, 0.5) is 5.69 Å². The van der Waals surface area contributed by atoms with E-state index in [4.69, 9.17) is 14.5 Å². The Morgan fingerprint density at radius 3 is 2.22 bits per heavy atom. The first-order valence-corrected chi connectivity index (χ1v) is 12.0. The van der Waals surface area contributed by atoms with Crippen LogP contribution in [0.5, 0.6) is 17.4 Å². The number of benzene rings is 3. The van der Waals surface area contributed by atoms with Crippen molar-refractivity contribution in [2.75, 3.05) is 13.2 Å². The molecular weight excluding hydrogens is 450 g/mol. The Morgan fingerprint density at radius 2 is 1.56 bits per heavy atom. The van der Waals surface area contributed by atoms with Gasteiger partial charge in [-0.15, -0.1) is 0 Å². The maximum atomic E-state index is 11.1. The van der Waals surface area contributed by atoms with E-state index in [0.29, 0.717) is 36.0 Å². The van der Waals surface area contributed by atoms with Crippen molar-refractivity contribution < 1.29 is 14.6 Å². The van der Waals surface area contributed by atoms with Gasteiger partial charge < -0.3 is 19.6 Å². The third-order valence-corrected chi connectivity index (χ3v) is 5.80. The molecule has 0 aliphatic carbocycles. The number of hydrogen-bond acceptors (Lipinski definition) is 5. The summed E-state index contributed by atoms with van der Waals surface area (Å²) in [6, 6.07) is 27.4. The number of aromatic hydroxyl groups is 1. The molecule has 180 valence electrons. The molecule has 0 saturated heterocycles. The average molecular weight is 478 g/mol. The van der Waals surface area contributed by atoms with Crippen LogP contribution >= 0.6 is 0 Å². The van der Waals surface area contributed by atoms with Crippen molar-refractivity contribution in [2.45, 2.75) is 13.8 Å². The van der Waals surface area contributed by atoms with Crippen LogP contribution in [0.15, 0.2) is 96.1 Å². The van der Waals surface area contributed by atoms with E-state index in [0.717, 1.165) is 33.4 Å². The molecule has 2 N–H and O–H groups in total. The van der Waals surface area contributed by atoms with Gasteiger partial charge in [0.1, 0.15) is 0 Å². The van der Waals surface area contributed by atoms with E-state index in [-0.39, 0.29) is 5.88 Å². The highest BCUT2D eigenvalue weighted by Gasteiger charge is 2.21. The second-order valence-electron chi connectivity index (χ2n) is 8.15. The van der Waals surface area contributed by atoms with E-state index >= 15 is 0 Å². The first kappa shape index (κ1) is 23.2. The van der Waals surface area contributed by atoms with Gasteiger partial charge >= 0.3 is 0 Å². The van der Waals surface area contributed by atoms with E-state index in [2.05, 4.69) is 9.97 Å². The fourth-order valence-corrected chi connectivity index (χ4v) is 4.19. The van der Waals surface area contributed by atoms with Crippen LogP contribution in [-0.2, 0) is 0 Å². The number of aromatic amines is 1. The minimum atomic E-state index is 0.0359. The predicted molar refractivity (Wildman–Crippen MR) is 144 cm³/mol.